The number of likely N-dealkylation sites (N-methyl/N-ethyl adjacent to an activating group) is 1. The molecule has 2 aliphatic heterocycles. The van der Waals surface area contributed by atoms with Gasteiger partial charge in [0, 0.05) is 43.7 Å². The first-order valence-corrected chi connectivity index (χ1v) is 13.3. The van der Waals surface area contributed by atoms with Gasteiger partial charge in [-0.15, -0.1) is 0 Å². The number of halogens is 1. The molecule has 3 heterocycles. The minimum Gasteiger partial charge on any atom is -0.493 e. The third kappa shape index (κ3) is 4.65. The average Bonchev–Trinajstić information content (AvgIpc) is 3.31. The number of hydrogen-bond acceptors (Lipinski definition) is 8. The number of sulfone groups is 1. The molecule has 1 saturated heterocycles. The van der Waals surface area contributed by atoms with Gasteiger partial charge in [0.25, 0.3) is 0 Å². The molecular weight excluding hydrogens is 463 g/mol. The highest BCUT2D eigenvalue weighted by Gasteiger charge is 2.36. The first kappa shape index (κ1) is 22.4. The Morgan fingerprint density at radius 2 is 1.97 bits per heavy atom. The highest BCUT2D eigenvalue weighted by atomic mass is 32.2. The van der Waals surface area contributed by atoms with Crippen LogP contribution in [-0.4, -0.2) is 60.9 Å². The zero-order valence-electron chi connectivity index (χ0n) is 18.2. The van der Waals surface area contributed by atoms with Gasteiger partial charge in [0.1, 0.15) is 28.7 Å². The molecule has 0 radical (unpaired) electrons. The molecule has 0 unspecified atom stereocenters. The Morgan fingerprint density at radius 1 is 1.15 bits per heavy atom. The second-order valence-electron chi connectivity index (χ2n) is 8.51. The Hall–Kier alpha value is -2.40. The van der Waals surface area contributed by atoms with E-state index in [4.69, 9.17) is 4.74 Å². The number of benzene rings is 2. The predicted molar refractivity (Wildman–Crippen MR) is 123 cm³/mol. The molecule has 5 rings (SSSR count). The molecule has 1 fully saturated rings. The van der Waals surface area contributed by atoms with Gasteiger partial charge < -0.3 is 9.64 Å². The molecule has 7 nitrogen and oxygen atoms in total. The maximum absolute atomic E-state index is 13.5. The summed E-state index contributed by atoms with van der Waals surface area (Å²) in [4.78, 5) is 8.96. The summed E-state index contributed by atoms with van der Waals surface area (Å²) in [5, 5.41) is 0.464. The molecule has 0 bridgehead atoms. The number of ether oxygens (including phenoxy) is 1. The first-order chi connectivity index (χ1) is 15.9. The van der Waals surface area contributed by atoms with Crippen LogP contribution in [0.3, 0.4) is 0 Å². The van der Waals surface area contributed by atoms with Crippen LogP contribution in [0.5, 0.6) is 5.75 Å². The number of rotatable bonds is 5. The van der Waals surface area contributed by atoms with E-state index in [9.17, 15) is 12.8 Å². The Kier molecular flexibility index (Phi) is 6.17. The number of hydrogen-bond donors (Lipinski definition) is 0. The normalized spacial score (nSPS) is 22.0. The van der Waals surface area contributed by atoms with Crippen molar-refractivity contribution in [2.75, 3.05) is 33.3 Å². The molecule has 0 aliphatic carbocycles. The quantitative estimate of drug-likeness (QED) is 0.544. The van der Waals surface area contributed by atoms with E-state index in [0.29, 0.717) is 17.4 Å². The van der Waals surface area contributed by atoms with E-state index in [2.05, 4.69) is 26.2 Å². The zero-order valence-corrected chi connectivity index (χ0v) is 19.9. The highest BCUT2D eigenvalue weighted by Crippen LogP contribution is 2.42. The molecule has 33 heavy (non-hydrogen) atoms. The summed E-state index contributed by atoms with van der Waals surface area (Å²) in [7, 11) is -1.45. The summed E-state index contributed by atoms with van der Waals surface area (Å²) in [6.07, 6.45) is 2.18. The Morgan fingerprint density at radius 3 is 2.73 bits per heavy atom. The van der Waals surface area contributed by atoms with Crippen LogP contribution in [0.25, 0.3) is 0 Å². The van der Waals surface area contributed by atoms with E-state index in [-0.39, 0.29) is 28.5 Å². The van der Waals surface area contributed by atoms with E-state index in [1.165, 1.54) is 18.5 Å². The molecule has 10 heteroatoms. The number of aromatic nitrogens is 2. The fraction of sp³-hybridized carbons (Fsp3) is 0.391. The average molecular weight is 489 g/mol. The fourth-order valence-electron chi connectivity index (χ4n) is 4.68. The van der Waals surface area contributed by atoms with Crippen molar-refractivity contribution in [2.45, 2.75) is 29.2 Å². The molecule has 0 spiro atoms. The molecule has 1 aromatic heterocycles. The molecule has 2 aromatic carbocycles. The fourth-order valence-corrected chi connectivity index (χ4v) is 6.80. The largest absolute Gasteiger partial charge is 0.493 e. The van der Waals surface area contributed by atoms with E-state index in [1.54, 1.807) is 12.1 Å². The lowest BCUT2D eigenvalue weighted by Crippen LogP contribution is -2.48. The summed E-state index contributed by atoms with van der Waals surface area (Å²) in [5.74, 6) is 0.194. The summed E-state index contributed by atoms with van der Waals surface area (Å²) >= 11 is 1.09. The minimum atomic E-state index is -3.55. The molecule has 0 N–H and O–H groups in total. The van der Waals surface area contributed by atoms with Crippen molar-refractivity contribution < 1.29 is 17.5 Å². The summed E-state index contributed by atoms with van der Waals surface area (Å²) in [6, 6.07) is 12.1. The first-order valence-electron chi connectivity index (χ1n) is 10.9. The standard InChI is InChI=1S/C23H25FN4O3S2/c1-27-9-10-28(21(13-27)16-2-4-17(24)5-3-16)20-8-11-31-22-12-18(6-7-19(20)22)33(29,30)14-23-25-15-26-32-23/h2-7,12,15,20-21H,8-11,13-14H2,1H3/t20-,21-/m0/s1. The van der Waals surface area contributed by atoms with E-state index in [1.807, 2.05) is 18.2 Å². The third-order valence-electron chi connectivity index (χ3n) is 6.35. The lowest BCUT2D eigenvalue weighted by atomic mass is 9.93. The minimum absolute atomic E-state index is 0.0948. The smallest absolute Gasteiger partial charge is 0.185 e. The second kappa shape index (κ2) is 9.09. The van der Waals surface area contributed by atoms with Crippen LogP contribution in [0.4, 0.5) is 4.39 Å². The van der Waals surface area contributed by atoms with Crippen molar-refractivity contribution in [3.63, 3.8) is 0 Å². The van der Waals surface area contributed by atoms with Crippen molar-refractivity contribution in [1.82, 2.24) is 19.2 Å². The summed E-state index contributed by atoms with van der Waals surface area (Å²) in [5.41, 5.74) is 2.07. The van der Waals surface area contributed by atoms with Crippen molar-refractivity contribution in [1.29, 1.82) is 0 Å². The maximum Gasteiger partial charge on any atom is 0.185 e. The second-order valence-corrected chi connectivity index (χ2v) is 11.4. The maximum atomic E-state index is 13.5. The molecule has 0 amide bonds. The van der Waals surface area contributed by atoms with E-state index >= 15 is 0 Å². The van der Waals surface area contributed by atoms with Gasteiger partial charge in [-0.05, 0) is 48.4 Å². The van der Waals surface area contributed by atoms with Crippen molar-refractivity contribution in [2.24, 2.45) is 0 Å². The lowest BCUT2D eigenvalue weighted by molar-refractivity contribution is 0.0334. The van der Waals surface area contributed by atoms with Gasteiger partial charge in [0.05, 0.1) is 11.5 Å². The van der Waals surface area contributed by atoms with Crippen LogP contribution in [0, 0.1) is 5.82 Å². The molecule has 0 saturated carbocycles. The highest BCUT2D eigenvalue weighted by molar-refractivity contribution is 7.90. The van der Waals surface area contributed by atoms with Gasteiger partial charge in [0.2, 0.25) is 0 Å². The van der Waals surface area contributed by atoms with Crippen LogP contribution >= 0.6 is 11.5 Å². The number of piperazine rings is 1. The lowest BCUT2D eigenvalue weighted by Gasteiger charge is -2.46. The van der Waals surface area contributed by atoms with Crippen LogP contribution in [0.15, 0.2) is 53.7 Å². The van der Waals surface area contributed by atoms with E-state index in [0.717, 1.165) is 48.7 Å². The van der Waals surface area contributed by atoms with Crippen molar-refractivity contribution in [3.05, 3.63) is 70.7 Å². The van der Waals surface area contributed by atoms with Gasteiger partial charge >= 0.3 is 0 Å². The molecule has 2 atom stereocenters. The van der Waals surface area contributed by atoms with Gasteiger partial charge in [-0.1, -0.05) is 18.2 Å². The SMILES string of the molecule is CN1CCN([C@H]2CCOc3cc(S(=O)(=O)Cc4ncns4)ccc32)[C@H](c2ccc(F)cc2)C1. The monoisotopic (exact) mass is 488 g/mol. The van der Waals surface area contributed by atoms with Crippen molar-refractivity contribution in [3.8, 4) is 5.75 Å². The Balaban J connectivity index is 1.45. The van der Waals surface area contributed by atoms with Crippen LogP contribution < -0.4 is 4.74 Å². The third-order valence-corrected chi connectivity index (χ3v) is 8.82. The van der Waals surface area contributed by atoms with Crippen LogP contribution in [0.1, 0.15) is 34.6 Å². The van der Waals surface area contributed by atoms with Gasteiger partial charge in [0.15, 0.2) is 9.84 Å². The summed E-state index contributed by atoms with van der Waals surface area (Å²) < 4.78 is 49.2. The van der Waals surface area contributed by atoms with Gasteiger partial charge in [-0.25, -0.2) is 17.8 Å². The zero-order chi connectivity index (χ0) is 23.0. The van der Waals surface area contributed by atoms with E-state index < -0.39 is 9.84 Å². The predicted octanol–water partition coefficient (Wildman–Crippen LogP) is 3.46. The molecule has 3 aromatic rings. The van der Waals surface area contributed by atoms with Gasteiger partial charge in [-0.3, -0.25) is 4.90 Å². The molecular formula is C23H25FN4O3S2. The van der Waals surface area contributed by atoms with Crippen molar-refractivity contribution >= 4 is 21.4 Å². The van der Waals surface area contributed by atoms with Gasteiger partial charge in [-0.2, -0.15) is 4.37 Å². The Bertz CT molecular complexity index is 1220. The topological polar surface area (TPSA) is 75.6 Å². The summed E-state index contributed by atoms with van der Waals surface area (Å²) in [6.45, 7) is 3.14. The molecule has 2 aliphatic rings. The number of fused-ring (bicyclic) bond motifs is 1. The number of nitrogens with zero attached hydrogens (tertiary/aromatic N) is 4. The Labute approximate surface area is 196 Å². The van der Waals surface area contributed by atoms with Crippen LogP contribution in [0.2, 0.25) is 0 Å². The molecule has 174 valence electrons. The van der Waals surface area contributed by atoms with Crippen LogP contribution in [-0.2, 0) is 15.6 Å².